The van der Waals surface area contributed by atoms with Crippen LogP contribution >= 0.6 is 51.5 Å². The standard InChI is InChI=1S/C17H20BrClN4.HI/c1-12-9-15(18)5-4-14(12)11-23-17(20-2)21-8-7-13-3-6-16(19)22-10-13;/h3-6,9-10H,7-8,11H2,1-2H3,(H2,20,21,23);1H. The van der Waals surface area contributed by atoms with Gasteiger partial charge in [0.15, 0.2) is 5.96 Å². The van der Waals surface area contributed by atoms with Gasteiger partial charge in [0.1, 0.15) is 5.15 Å². The van der Waals surface area contributed by atoms with Gasteiger partial charge in [0.25, 0.3) is 0 Å². The minimum absolute atomic E-state index is 0. The molecule has 24 heavy (non-hydrogen) atoms. The van der Waals surface area contributed by atoms with Crippen LogP contribution in [0.2, 0.25) is 5.15 Å². The van der Waals surface area contributed by atoms with Crippen LogP contribution in [0, 0.1) is 6.92 Å². The fraction of sp³-hybridized carbons (Fsp3) is 0.294. The molecule has 0 unspecified atom stereocenters. The number of nitrogens with one attached hydrogen (secondary N) is 2. The van der Waals surface area contributed by atoms with Gasteiger partial charge in [0.2, 0.25) is 0 Å². The van der Waals surface area contributed by atoms with E-state index in [0.717, 1.165) is 35.5 Å². The molecule has 4 nitrogen and oxygen atoms in total. The predicted octanol–water partition coefficient (Wildman–Crippen LogP) is 4.33. The van der Waals surface area contributed by atoms with Gasteiger partial charge in [-0.3, -0.25) is 4.99 Å². The monoisotopic (exact) mass is 522 g/mol. The fourth-order valence-electron chi connectivity index (χ4n) is 2.14. The van der Waals surface area contributed by atoms with E-state index in [1.54, 1.807) is 19.3 Å². The molecule has 2 rings (SSSR count). The summed E-state index contributed by atoms with van der Waals surface area (Å²) in [5, 5.41) is 7.15. The summed E-state index contributed by atoms with van der Waals surface area (Å²) in [7, 11) is 1.77. The molecule has 0 saturated heterocycles. The third kappa shape index (κ3) is 6.94. The van der Waals surface area contributed by atoms with Crippen molar-refractivity contribution in [2.45, 2.75) is 19.9 Å². The first-order chi connectivity index (χ1) is 11.1. The smallest absolute Gasteiger partial charge is 0.191 e. The molecule has 0 fully saturated rings. The number of pyridine rings is 1. The molecule has 0 aliphatic rings. The Labute approximate surface area is 173 Å². The van der Waals surface area contributed by atoms with E-state index in [0.29, 0.717) is 5.15 Å². The summed E-state index contributed by atoms with van der Waals surface area (Å²) in [6.07, 6.45) is 2.66. The first-order valence-electron chi connectivity index (χ1n) is 7.38. The number of nitrogens with zero attached hydrogens (tertiary/aromatic N) is 2. The average Bonchev–Trinajstić information content (AvgIpc) is 2.54. The molecule has 0 aliphatic carbocycles. The lowest BCUT2D eigenvalue weighted by molar-refractivity contribution is 0.791. The molecule has 0 saturated carbocycles. The fourth-order valence-corrected chi connectivity index (χ4v) is 2.72. The zero-order valence-corrected chi connectivity index (χ0v) is 18.3. The quantitative estimate of drug-likeness (QED) is 0.266. The highest BCUT2D eigenvalue weighted by molar-refractivity contribution is 14.0. The van der Waals surface area contributed by atoms with Crippen molar-refractivity contribution < 1.29 is 0 Å². The van der Waals surface area contributed by atoms with E-state index in [-0.39, 0.29) is 24.0 Å². The van der Waals surface area contributed by atoms with Crippen LogP contribution in [0.1, 0.15) is 16.7 Å². The summed E-state index contributed by atoms with van der Waals surface area (Å²) in [6, 6.07) is 10.1. The van der Waals surface area contributed by atoms with Gasteiger partial charge >= 0.3 is 0 Å². The van der Waals surface area contributed by atoms with Crippen molar-refractivity contribution in [2.75, 3.05) is 13.6 Å². The summed E-state index contributed by atoms with van der Waals surface area (Å²) in [5.74, 6) is 0.786. The number of halogens is 3. The van der Waals surface area contributed by atoms with Crippen molar-refractivity contribution in [3.05, 3.63) is 62.8 Å². The van der Waals surface area contributed by atoms with Crippen molar-refractivity contribution in [3.8, 4) is 0 Å². The molecule has 0 atom stereocenters. The summed E-state index contributed by atoms with van der Waals surface area (Å²) in [5.41, 5.74) is 3.63. The second kappa shape index (κ2) is 10.9. The maximum atomic E-state index is 5.78. The maximum absolute atomic E-state index is 5.78. The van der Waals surface area contributed by atoms with Gasteiger partial charge in [0.05, 0.1) is 0 Å². The van der Waals surface area contributed by atoms with Gasteiger partial charge in [-0.1, -0.05) is 39.7 Å². The lowest BCUT2D eigenvalue weighted by Gasteiger charge is -2.13. The van der Waals surface area contributed by atoms with Crippen LogP contribution in [-0.2, 0) is 13.0 Å². The number of hydrogen-bond acceptors (Lipinski definition) is 2. The first-order valence-corrected chi connectivity index (χ1v) is 8.55. The van der Waals surface area contributed by atoms with Crippen LogP contribution < -0.4 is 10.6 Å². The molecule has 0 amide bonds. The first kappa shape index (κ1) is 21.2. The van der Waals surface area contributed by atoms with Gasteiger partial charge < -0.3 is 10.6 Å². The Balaban J connectivity index is 0.00000288. The van der Waals surface area contributed by atoms with E-state index < -0.39 is 0 Å². The molecule has 0 bridgehead atoms. The number of aryl methyl sites for hydroxylation is 1. The Morgan fingerprint density at radius 1 is 1.25 bits per heavy atom. The largest absolute Gasteiger partial charge is 0.356 e. The van der Waals surface area contributed by atoms with Crippen molar-refractivity contribution in [2.24, 2.45) is 4.99 Å². The predicted molar refractivity (Wildman–Crippen MR) is 115 cm³/mol. The Morgan fingerprint density at radius 2 is 2.04 bits per heavy atom. The van der Waals surface area contributed by atoms with Gasteiger partial charge in [-0.2, -0.15) is 0 Å². The zero-order valence-electron chi connectivity index (χ0n) is 13.6. The summed E-state index contributed by atoms with van der Waals surface area (Å²) < 4.78 is 1.10. The molecule has 0 radical (unpaired) electrons. The number of rotatable bonds is 5. The second-order valence-corrected chi connectivity index (χ2v) is 6.47. The molecular weight excluding hydrogens is 502 g/mol. The normalized spacial score (nSPS) is 10.9. The summed E-state index contributed by atoms with van der Waals surface area (Å²) in [6.45, 7) is 3.62. The van der Waals surface area contributed by atoms with Crippen LogP contribution in [-0.4, -0.2) is 24.5 Å². The van der Waals surface area contributed by atoms with E-state index in [1.807, 2.05) is 12.1 Å². The number of aliphatic imine (C=N–C) groups is 1. The summed E-state index contributed by atoms with van der Waals surface area (Å²) in [4.78, 5) is 8.32. The van der Waals surface area contributed by atoms with Crippen LogP contribution in [0.15, 0.2) is 46.0 Å². The van der Waals surface area contributed by atoms with Crippen molar-refractivity contribution in [1.29, 1.82) is 0 Å². The lowest BCUT2D eigenvalue weighted by atomic mass is 10.1. The Kier molecular flexibility index (Phi) is 9.61. The molecular formula is C17H21BrClIN4. The lowest BCUT2D eigenvalue weighted by Crippen LogP contribution is -2.38. The highest BCUT2D eigenvalue weighted by atomic mass is 127. The Morgan fingerprint density at radius 3 is 2.67 bits per heavy atom. The number of guanidine groups is 1. The molecule has 2 aromatic rings. The molecule has 1 aromatic heterocycles. The van der Waals surface area contributed by atoms with E-state index in [2.05, 4.69) is 55.6 Å². The van der Waals surface area contributed by atoms with E-state index in [4.69, 9.17) is 11.6 Å². The molecule has 0 aliphatic heterocycles. The number of benzene rings is 1. The second-order valence-electron chi connectivity index (χ2n) is 5.16. The molecule has 2 N–H and O–H groups in total. The van der Waals surface area contributed by atoms with Gasteiger partial charge in [0, 0.05) is 30.8 Å². The summed E-state index contributed by atoms with van der Waals surface area (Å²) >= 11 is 9.26. The van der Waals surface area contributed by atoms with E-state index in [9.17, 15) is 0 Å². The van der Waals surface area contributed by atoms with Crippen LogP contribution in [0.5, 0.6) is 0 Å². The molecule has 1 aromatic carbocycles. The van der Waals surface area contributed by atoms with Crippen LogP contribution in [0.25, 0.3) is 0 Å². The maximum Gasteiger partial charge on any atom is 0.191 e. The Hall–Kier alpha value is -0.860. The van der Waals surface area contributed by atoms with Crippen molar-refractivity contribution in [1.82, 2.24) is 15.6 Å². The average molecular weight is 524 g/mol. The highest BCUT2D eigenvalue weighted by Crippen LogP contribution is 2.15. The number of aromatic nitrogens is 1. The van der Waals surface area contributed by atoms with Gasteiger partial charge in [-0.25, -0.2) is 4.98 Å². The van der Waals surface area contributed by atoms with Gasteiger partial charge in [-0.15, -0.1) is 24.0 Å². The molecule has 0 spiro atoms. The minimum atomic E-state index is 0. The third-order valence-electron chi connectivity index (χ3n) is 3.47. The van der Waals surface area contributed by atoms with Crippen molar-refractivity contribution in [3.63, 3.8) is 0 Å². The topological polar surface area (TPSA) is 49.3 Å². The SMILES string of the molecule is CN=C(NCCc1ccc(Cl)nc1)NCc1ccc(Br)cc1C.I. The molecule has 7 heteroatoms. The zero-order chi connectivity index (χ0) is 16.7. The van der Waals surface area contributed by atoms with Crippen LogP contribution in [0.3, 0.4) is 0 Å². The third-order valence-corrected chi connectivity index (χ3v) is 4.19. The van der Waals surface area contributed by atoms with Crippen molar-refractivity contribution >= 4 is 57.5 Å². The highest BCUT2D eigenvalue weighted by Gasteiger charge is 2.02. The molecule has 130 valence electrons. The van der Waals surface area contributed by atoms with Gasteiger partial charge in [-0.05, 0) is 48.2 Å². The minimum Gasteiger partial charge on any atom is -0.356 e. The van der Waals surface area contributed by atoms with E-state index in [1.165, 1.54) is 11.1 Å². The molecule has 1 heterocycles. The Bertz CT molecular complexity index is 677. The van der Waals surface area contributed by atoms with E-state index >= 15 is 0 Å². The van der Waals surface area contributed by atoms with Crippen LogP contribution in [0.4, 0.5) is 0 Å². The number of hydrogen-bond donors (Lipinski definition) is 2.